The van der Waals surface area contributed by atoms with Crippen LogP contribution >= 0.6 is 0 Å². The number of nitrogens with one attached hydrogen (secondary N) is 1. The Morgan fingerprint density at radius 2 is 1.97 bits per heavy atom. The second-order valence-corrected chi connectivity index (χ2v) is 10.3. The fraction of sp³-hybridized carbons (Fsp3) is 0.448. The van der Waals surface area contributed by atoms with Crippen molar-refractivity contribution >= 4 is 16.9 Å². The molecule has 2 aliphatic rings. The summed E-state index contributed by atoms with van der Waals surface area (Å²) in [6.07, 6.45) is 6.78. The summed E-state index contributed by atoms with van der Waals surface area (Å²) in [5.41, 5.74) is -0.961. The summed E-state index contributed by atoms with van der Waals surface area (Å²) >= 11 is 0. The van der Waals surface area contributed by atoms with Gasteiger partial charge in [0.1, 0.15) is 29.7 Å². The lowest BCUT2D eigenvalue weighted by Gasteiger charge is -2.22. The predicted molar refractivity (Wildman–Crippen MR) is 141 cm³/mol. The molecule has 1 aliphatic heterocycles. The quantitative estimate of drug-likeness (QED) is 0.394. The molecular weight excluding hydrogens is 507 g/mol. The first-order valence-electron chi connectivity index (χ1n) is 13.2. The molecule has 0 spiro atoms. The third-order valence-corrected chi connectivity index (χ3v) is 7.45. The SMILES string of the molecule is Cc1nc2c3cc(C4(C#N)CC4)c(=O)n(c3n1)CCCC/C=C\COCC(F)(F)c1cccc(c1F)[C@@H](C)N2. The van der Waals surface area contributed by atoms with Gasteiger partial charge in [-0.05, 0) is 58.1 Å². The van der Waals surface area contributed by atoms with Crippen LogP contribution in [0, 0.1) is 24.1 Å². The van der Waals surface area contributed by atoms with E-state index in [0.29, 0.717) is 60.5 Å². The van der Waals surface area contributed by atoms with Crippen LogP contribution in [0.4, 0.5) is 19.0 Å². The summed E-state index contributed by atoms with van der Waals surface area (Å²) in [5, 5.41) is 13.6. The molecule has 3 heterocycles. The number of pyridine rings is 1. The van der Waals surface area contributed by atoms with Crippen LogP contribution in [0.2, 0.25) is 0 Å². The van der Waals surface area contributed by atoms with E-state index in [2.05, 4.69) is 21.4 Å². The number of benzene rings is 1. The van der Waals surface area contributed by atoms with Gasteiger partial charge in [0.15, 0.2) is 0 Å². The van der Waals surface area contributed by atoms with Crippen LogP contribution in [0.3, 0.4) is 0 Å². The van der Waals surface area contributed by atoms with Crippen molar-refractivity contribution in [1.82, 2.24) is 14.5 Å². The number of aryl methyl sites for hydroxylation is 2. The van der Waals surface area contributed by atoms with E-state index in [1.54, 1.807) is 30.6 Å². The van der Waals surface area contributed by atoms with Crippen molar-refractivity contribution in [3.63, 3.8) is 0 Å². The van der Waals surface area contributed by atoms with Gasteiger partial charge in [-0.25, -0.2) is 14.4 Å². The Kier molecular flexibility index (Phi) is 7.21. The minimum Gasteiger partial charge on any atom is -0.371 e. The molecule has 39 heavy (non-hydrogen) atoms. The van der Waals surface area contributed by atoms with Gasteiger partial charge in [-0.2, -0.15) is 14.0 Å². The lowest BCUT2D eigenvalue weighted by atomic mass is 9.97. The highest BCUT2D eigenvalue weighted by Gasteiger charge is 2.47. The van der Waals surface area contributed by atoms with E-state index in [4.69, 9.17) is 4.74 Å². The summed E-state index contributed by atoms with van der Waals surface area (Å²) in [6, 6.07) is 7.14. The number of hydrogen-bond donors (Lipinski definition) is 1. The smallest absolute Gasteiger partial charge is 0.298 e. The number of alkyl halides is 2. The molecule has 1 N–H and O–H groups in total. The van der Waals surface area contributed by atoms with Crippen LogP contribution in [0.5, 0.6) is 0 Å². The predicted octanol–water partition coefficient (Wildman–Crippen LogP) is 5.82. The summed E-state index contributed by atoms with van der Waals surface area (Å²) in [6.45, 7) is 2.78. The Morgan fingerprint density at radius 3 is 2.72 bits per heavy atom. The molecule has 0 unspecified atom stereocenters. The van der Waals surface area contributed by atoms with Crippen LogP contribution in [0.15, 0.2) is 41.2 Å². The van der Waals surface area contributed by atoms with Crippen molar-refractivity contribution in [2.45, 2.75) is 69.9 Å². The largest absolute Gasteiger partial charge is 0.371 e. The normalized spacial score (nSPS) is 21.7. The molecule has 1 atom stereocenters. The van der Waals surface area contributed by atoms with Gasteiger partial charge in [0.05, 0.1) is 35.1 Å². The molecular formula is C29H30F3N5O2. The number of hydrogen-bond acceptors (Lipinski definition) is 6. The van der Waals surface area contributed by atoms with Crippen LogP contribution < -0.4 is 10.9 Å². The summed E-state index contributed by atoms with van der Waals surface area (Å²) in [5.74, 6) is -3.80. The van der Waals surface area contributed by atoms with Gasteiger partial charge in [0, 0.05) is 17.7 Å². The lowest BCUT2D eigenvalue weighted by Crippen LogP contribution is -2.29. The minimum atomic E-state index is -3.52. The van der Waals surface area contributed by atoms with Crippen molar-refractivity contribution in [2.75, 3.05) is 18.5 Å². The van der Waals surface area contributed by atoms with E-state index in [1.165, 1.54) is 12.1 Å². The fourth-order valence-electron chi connectivity index (χ4n) is 5.08. The molecule has 1 fully saturated rings. The average Bonchev–Trinajstić information content (AvgIpc) is 3.69. The molecule has 0 radical (unpaired) electrons. The second-order valence-electron chi connectivity index (χ2n) is 10.3. The first-order chi connectivity index (χ1) is 18.7. The molecule has 5 rings (SSSR count). The molecule has 10 heteroatoms. The number of aromatic nitrogens is 3. The van der Waals surface area contributed by atoms with Gasteiger partial charge in [-0.1, -0.05) is 24.3 Å². The topological polar surface area (TPSA) is 92.8 Å². The van der Waals surface area contributed by atoms with Gasteiger partial charge in [-0.3, -0.25) is 9.36 Å². The number of allylic oxidation sites excluding steroid dienone is 1. The molecule has 3 aromatic rings. The Bertz CT molecular complexity index is 1540. The second kappa shape index (κ2) is 10.5. The van der Waals surface area contributed by atoms with Crippen LogP contribution in [-0.2, 0) is 22.6 Å². The van der Waals surface area contributed by atoms with Gasteiger partial charge in [-0.15, -0.1) is 0 Å². The summed E-state index contributed by atoms with van der Waals surface area (Å²) < 4.78 is 52.1. The van der Waals surface area contributed by atoms with Crippen LogP contribution in [-0.4, -0.2) is 27.7 Å². The number of nitriles is 1. The van der Waals surface area contributed by atoms with E-state index < -0.39 is 35.4 Å². The third kappa shape index (κ3) is 5.15. The van der Waals surface area contributed by atoms with Gasteiger partial charge < -0.3 is 10.1 Å². The first-order valence-corrected chi connectivity index (χ1v) is 13.2. The van der Waals surface area contributed by atoms with Gasteiger partial charge in [0.25, 0.3) is 11.5 Å². The first kappa shape index (κ1) is 26.9. The molecule has 1 aromatic carbocycles. The standard InChI is InChI=1S/C29H30F3N5O2/c1-18-20-9-8-10-22(24(20)30)29(31,32)17-39-14-7-5-3-4-6-13-37-26-21(25(34-18)35-19(2)36-26)15-23(27(37)38)28(16-33)11-12-28/h5,7-10,15,18H,3-4,6,11-14,17H2,1-2H3,(H,34,35,36)/b7-5-/t18-/m1/s1. The number of halogens is 3. The minimum absolute atomic E-state index is 0.0199. The maximum Gasteiger partial charge on any atom is 0.298 e. The number of anilines is 1. The zero-order chi connectivity index (χ0) is 27.8. The molecule has 1 aliphatic carbocycles. The number of nitrogens with zero attached hydrogens (tertiary/aromatic N) is 4. The third-order valence-electron chi connectivity index (χ3n) is 7.45. The average molecular weight is 538 g/mol. The van der Waals surface area contributed by atoms with E-state index in [1.807, 2.05) is 6.08 Å². The van der Waals surface area contributed by atoms with E-state index in [9.17, 15) is 18.8 Å². The monoisotopic (exact) mass is 537 g/mol. The summed E-state index contributed by atoms with van der Waals surface area (Å²) in [4.78, 5) is 22.7. The molecule has 204 valence electrons. The Labute approximate surface area is 224 Å². The highest BCUT2D eigenvalue weighted by Crippen LogP contribution is 2.47. The van der Waals surface area contributed by atoms with Crippen molar-refractivity contribution < 1.29 is 17.9 Å². The molecule has 0 amide bonds. The Hall–Kier alpha value is -3.71. The number of fused-ring (bicyclic) bond motifs is 2. The maximum absolute atomic E-state index is 15.5. The molecule has 6 bridgehead atoms. The Morgan fingerprint density at radius 1 is 1.18 bits per heavy atom. The molecule has 7 nitrogen and oxygen atoms in total. The molecule has 2 aromatic heterocycles. The highest BCUT2D eigenvalue weighted by molar-refractivity contribution is 5.88. The zero-order valence-electron chi connectivity index (χ0n) is 21.9. The Balaban J connectivity index is 1.67. The highest BCUT2D eigenvalue weighted by atomic mass is 19.3. The van der Waals surface area contributed by atoms with E-state index in [0.717, 1.165) is 12.5 Å². The van der Waals surface area contributed by atoms with Crippen molar-refractivity contribution in [2.24, 2.45) is 0 Å². The van der Waals surface area contributed by atoms with Gasteiger partial charge in [0.2, 0.25) is 0 Å². The maximum atomic E-state index is 15.5. The fourth-order valence-corrected chi connectivity index (χ4v) is 5.08. The van der Waals surface area contributed by atoms with Gasteiger partial charge >= 0.3 is 0 Å². The van der Waals surface area contributed by atoms with Crippen molar-refractivity contribution in [1.29, 1.82) is 5.26 Å². The van der Waals surface area contributed by atoms with Crippen LogP contribution in [0.25, 0.3) is 11.0 Å². The number of rotatable bonds is 1. The molecule has 1 saturated carbocycles. The summed E-state index contributed by atoms with van der Waals surface area (Å²) in [7, 11) is 0. The molecule has 0 saturated heterocycles. The van der Waals surface area contributed by atoms with Crippen molar-refractivity contribution in [3.8, 4) is 6.07 Å². The zero-order valence-corrected chi connectivity index (χ0v) is 21.9. The van der Waals surface area contributed by atoms with Crippen LogP contribution in [0.1, 0.15) is 67.6 Å². The number of ether oxygens (including phenoxy) is 1. The van der Waals surface area contributed by atoms with E-state index in [-0.39, 0.29) is 17.7 Å². The van der Waals surface area contributed by atoms with Crippen molar-refractivity contribution in [3.05, 3.63) is 75.1 Å². The lowest BCUT2D eigenvalue weighted by molar-refractivity contribution is -0.0795. The van der Waals surface area contributed by atoms with E-state index >= 15 is 4.39 Å².